The molecule has 3 N–H and O–H groups in total. The van der Waals surface area contributed by atoms with Crippen LogP contribution in [0.5, 0.6) is 0 Å². The summed E-state index contributed by atoms with van der Waals surface area (Å²) in [6.07, 6.45) is 1.76. The zero-order valence-electron chi connectivity index (χ0n) is 11.5. The van der Waals surface area contributed by atoms with Crippen LogP contribution in [0, 0.1) is 5.92 Å². The fraction of sp³-hybridized carbons (Fsp3) is 0.467. The number of benzene rings is 1. The predicted molar refractivity (Wildman–Crippen MR) is 74.9 cm³/mol. The van der Waals surface area contributed by atoms with E-state index in [1.165, 1.54) is 4.90 Å². The van der Waals surface area contributed by atoms with Crippen molar-refractivity contribution < 1.29 is 14.7 Å². The highest BCUT2D eigenvalue weighted by Gasteiger charge is 2.37. The van der Waals surface area contributed by atoms with Gasteiger partial charge in [0, 0.05) is 12.1 Å². The number of aliphatic carboxylic acids is 1. The van der Waals surface area contributed by atoms with Gasteiger partial charge in [0.1, 0.15) is 6.54 Å². The van der Waals surface area contributed by atoms with Crippen LogP contribution in [-0.2, 0) is 9.59 Å². The molecule has 108 valence electrons. The lowest BCUT2D eigenvalue weighted by atomic mass is 9.94. The van der Waals surface area contributed by atoms with Crippen molar-refractivity contribution in [2.45, 2.75) is 31.8 Å². The van der Waals surface area contributed by atoms with Crippen molar-refractivity contribution in [2.24, 2.45) is 11.7 Å². The van der Waals surface area contributed by atoms with Gasteiger partial charge >= 0.3 is 5.97 Å². The molecule has 5 nitrogen and oxygen atoms in total. The standard InChI is InChI=1S/C15H20N2O3/c1-10(14(16)11-5-3-2-4-6-11)15(20)17(9-13(18)19)12-7-8-12/h2-6,10,12,14H,7-9,16H2,1H3,(H,18,19). The minimum absolute atomic E-state index is 0.0732. The van der Waals surface area contributed by atoms with Gasteiger partial charge in [0.2, 0.25) is 5.91 Å². The number of carboxylic acid groups (broad SMARTS) is 1. The monoisotopic (exact) mass is 276 g/mol. The van der Waals surface area contributed by atoms with Crippen molar-refractivity contribution in [3.63, 3.8) is 0 Å². The molecule has 5 heteroatoms. The third kappa shape index (κ3) is 3.36. The summed E-state index contributed by atoms with van der Waals surface area (Å²) in [6, 6.07) is 9.07. The lowest BCUT2D eigenvalue weighted by molar-refractivity contribution is -0.146. The van der Waals surface area contributed by atoms with Crippen molar-refractivity contribution in [1.29, 1.82) is 0 Å². The van der Waals surface area contributed by atoms with Gasteiger partial charge in [-0.3, -0.25) is 9.59 Å². The molecule has 0 spiro atoms. The Hall–Kier alpha value is -1.88. The van der Waals surface area contributed by atoms with Crippen LogP contribution in [0.1, 0.15) is 31.4 Å². The second kappa shape index (κ2) is 6.05. The molecule has 20 heavy (non-hydrogen) atoms. The molecule has 1 fully saturated rings. The third-order valence-corrected chi connectivity index (χ3v) is 3.69. The number of nitrogens with zero attached hydrogens (tertiary/aromatic N) is 1. The van der Waals surface area contributed by atoms with Crippen LogP contribution in [0.15, 0.2) is 30.3 Å². The van der Waals surface area contributed by atoms with E-state index in [1.54, 1.807) is 6.92 Å². The first-order valence-electron chi connectivity index (χ1n) is 6.83. The first kappa shape index (κ1) is 14.5. The molecule has 1 saturated carbocycles. The molecule has 1 aromatic carbocycles. The van der Waals surface area contributed by atoms with Gasteiger partial charge in [-0.05, 0) is 18.4 Å². The molecule has 1 amide bonds. The number of nitrogens with two attached hydrogens (primary N) is 1. The van der Waals surface area contributed by atoms with Gasteiger partial charge in [0.15, 0.2) is 0 Å². The molecule has 2 atom stereocenters. The maximum absolute atomic E-state index is 12.5. The zero-order valence-corrected chi connectivity index (χ0v) is 11.5. The average molecular weight is 276 g/mol. The van der Waals surface area contributed by atoms with E-state index in [-0.39, 0.29) is 18.5 Å². The van der Waals surface area contributed by atoms with E-state index < -0.39 is 17.9 Å². The summed E-state index contributed by atoms with van der Waals surface area (Å²) in [4.78, 5) is 24.8. The van der Waals surface area contributed by atoms with Gasteiger partial charge in [-0.25, -0.2) is 0 Å². The highest BCUT2D eigenvalue weighted by molar-refractivity contribution is 5.84. The minimum Gasteiger partial charge on any atom is -0.480 e. The second-order valence-electron chi connectivity index (χ2n) is 5.32. The molecule has 0 radical (unpaired) electrons. The lowest BCUT2D eigenvalue weighted by Crippen LogP contribution is -2.43. The SMILES string of the molecule is CC(C(=O)N(CC(=O)O)C1CC1)C(N)c1ccccc1. The van der Waals surface area contributed by atoms with E-state index in [9.17, 15) is 9.59 Å². The lowest BCUT2D eigenvalue weighted by Gasteiger charge is -2.27. The van der Waals surface area contributed by atoms with Crippen LogP contribution < -0.4 is 5.73 Å². The Bertz CT molecular complexity index is 485. The first-order valence-corrected chi connectivity index (χ1v) is 6.83. The molecule has 0 heterocycles. The molecule has 0 aromatic heterocycles. The maximum Gasteiger partial charge on any atom is 0.323 e. The normalized spacial score (nSPS) is 17.3. The fourth-order valence-electron chi connectivity index (χ4n) is 2.30. The van der Waals surface area contributed by atoms with Crippen LogP contribution in [-0.4, -0.2) is 34.5 Å². The summed E-state index contributed by atoms with van der Waals surface area (Å²) in [5, 5.41) is 8.92. The van der Waals surface area contributed by atoms with Gasteiger partial charge in [0.25, 0.3) is 0 Å². The van der Waals surface area contributed by atoms with E-state index >= 15 is 0 Å². The highest BCUT2D eigenvalue weighted by atomic mass is 16.4. The van der Waals surface area contributed by atoms with Crippen molar-refractivity contribution >= 4 is 11.9 Å². The van der Waals surface area contributed by atoms with Crippen molar-refractivity contribution in [2.75, 3.05) is 6.54 Å². The first-order chi connectivity index (χ1) is 9.50. The topological polar surface area (TPSA) is 83.6 Å². The Kier molecular flexibility index (Phi) is 4.39. The molecule has 0 saturated heterocycles. The molecule has 0 bridgehead atoms. The highest BCUT2D eigenvalue weighted by Crippen LogP contribution is 2.30. The zero-order chi connectivity index (χ0) is 14.7. The molecule has 2 unspecified atom stereocenters. The number of amides is 1. The fourth-order valence-corrected chi connectivity index (χ4v) is 2.30. The van der Waals surface area contributed by atoms with Crippen LogP contribution in [0.4, 0.5) is 0 Å². The van der Waals surface area contributed by atoms with E-state index in [2.05, 4.69) is 0 Å². The number of hydrogen-bond donors (Lipinski definition) is 2. The van der Waals surface area contributed by atoms with Gasteiger partial charge in [-0.1, -0.05) is 37.3 Å². The van der Waals surface area contributed by atoms with E-state index in [0.29, 0.717) is 0 Å². The quantitative estimate of drug-likeness (QED) is 0.822. The summed E-state index contributed by atoms with van der Waals surface area (Å²) in [7, 11) is 0. The summed E-state index contributed by atoms with van der Waals surface area (Å²) < 4.78 is 0. The van der Waals surface area contributed by atoms with E-state index in [1.807, 2.05) is 30.3 Å². The largest absolute Gasteiger partial charge is 0.480 e. The number of carboxylic acids is 1. The molecule has 0 aliphatic heterocycles. The summed E-state index contributed by atoms with van der Waals surface area (Å²) in [5.41, 5.74) is 7.02. The van der Waals surface area contributed by atoms with Crippen molar-refractivity contribution in [3.05, 3.63) is 35.9 Å². The Balaban J connectivity index is 2.08. The molecular weight excluding hydrogens is 256 g/mol. The van der Waals surface area contributed by atoms with Crippen LogP contribution in [0.3, 0.4) is 0 Å². The van der Waals surface area contributed by atoms with Gasteiger partial charge < -0.3 is 15.7 Å². The Morgan fingerprint density at radius 1 is 1.35 bits per heavy atom. The molecular formula is C15H20N2O3. The van der Waals surface area contributed by atoms with Crippen molar-refractivity contribution in [3.8, 4) is 0 Å². The van der Waals surface area contributed by atoms with Crippen molar-refractivity contribution in [1.82, 2.24) is 4.90 Å². The van der Waals surface area contributed by atoms with Crippen LogP contribution in [0.25, 0.3) is 0 Å². The van der Waals surface area contributed by atoms with E-state index in [0.717, 1.165) is 18.4 Å². The predicted octanol–water partition coefficient (Wildman–Crippen LogP) is 1.40. The minimum atomic E-state index is -0.981. The summed E-state index contributed by atoms with van der Waals surface area (Å²) >= 11 is 0. The number of rotatable bonds is 6. The Morgan fingerprint density at radius 2 is 1.95 bits per heavy atom. The van der Waals surface area contributed by atoms with E-state index in [4.69, 9.17) is 10.8 Å². The molecule has 1 aromatic rings. The van der Waals surface area contributed by atoms with Gasteiger partial charge in [0.05, 0.1) is 5.92 Å². The summed E-state index contributed by atoms with van der Waals surface area (Å²) in [6.45, 7) is 1.52. The summed E-state index contributed by atoms with van der Waals surface area (Å²) in [5.74, 6) is -1.59. The molecule has 1 aliphatic rings. The number of hydrogen-bond acceptors (Lipinski definition) is 3. The molecule has 1 aliphatic carbocycles. The number of carbonyl (C=O) groups excluding carboxylic acids is 1. The Morgan fingerprint density at radius 3 is 2.45 bits per heavy atom. The average Bonchev–Trinajstić information content (AvgIpc) is 3.27. The maximum atomic E-state index is 12.5. The number of carbonyl (C=O) groups is 2. The second-order valence-corrected chi connectivity index (χ2v) is 5.32. The van der Waals surface area contributed by atoms with Gasteiger partial charge in [-0.15, -0.1) is 0 Å². The van der Waals surface area contributed by atoms with Crippen LogP contribution in [0.2, 0.25) is 0 Å². The van der Waals surface area contributed by atoms with Crippen LogP contribution >= 0.6 is 0 Å². The van der Waals surface area contributed by atoms with Gasteiger partial charge in [-0.2, -0.15) is 0 Å². The Labute approximate surface area is 118 Å². The third-order valence-electron chi connectivity index (χ3n) is 3.69. The molecule has 2 rings (SSSR count). The smallest absolute Gasteiger partial charge is 0.323 e.